The van der Waals surface area contributed by atoms with Crippen molar-refractivity contribution in [2.45, 2.75) is 6.54 Å². The second kappa shape index (κ2) is 7.18. The van der Waals surface area contributed by atoms with Gasteiger partial charge < -0.3 is 9.73 Å². The van der Waals surface area contributed by atoms with Crippen LogP contribution in [0, 0.1) is 11.8 Å². The molecule has 27 heavy (non-hydrogen) atoms. The van der Waals surface area contributed by atoms with Crippen molar-refractivity contribution in [3.8, 4) is 11.8 Å². The number of nitrogens with zero attached hydrogens (tertiary/aromatic N) is 2. The highest BCUT2D eigenvalue weighted by molar-refractivity contribution is 6.01. The first-order valence-corrected chi connectivity index (χ1v) is 8.40. The Labute approximate surface area is 154 Å². The summed E-state index contributed by atoms with van der Waals surface area (Å²) in [7, 11) is 0. The van der Waals surface area contributed by atoms with Gasteiger partial charge in [0, 0.05) is 10.9 Å². The lowest BCUT2D eigenvalue weighted by atomic mass is 10.2. The number of furan rings is 1. The molecular weight excluding hydrogens is 342 g/mol. The van der Waals surface area contributed by atoms with Crippen molar-refractivity contribution in [1.82, 2.24) is 14.9 Å². The molecule has 132 valence electrons. The predicted molar refractivity (Wildman–Crippen MR) is 102 cm³/mol. The van der Waals surface area contributed by atoms with Gasteiger partial charge >= 0.3 is 0 Å². The third-order valence-electron chi connectivity index (χ3n) is 4.05. The first kappa shape index (κ1) is 16.6. The molecular formula is C21H15N3O3. The van der Waals surface area contributed by atoms with E-state index in [0.29, 0.717) is 11.1 Å². The summed E-state index contributed by atoms with van der Waals surface area (Å²) in [6.07, 6.45) is 1.36. The van der Waals surface area contributed by atoms with Crippen LogP contribution >= 0.6 is 0 Å². The molecule has 0 spiro atoms. The minimum absolute atomic E-state index is 0.147. The maximum absolute atomic E-state index is 12.6. The van der Waals surface area contributed by atoms with E-state index in [1.807, 2.05) is 48.5 Å². The Morgan fingerprint density at radius 2 is 1.89 bits per heavy atom. The normalized spacial score (nSPS) is 10.5. The third-order valence-corrected chi connectivity index (χ3v) is 4.05. The highest BCUT2D eigenvalue weighted by Crippen LogP contribution is 2.23. The van der Waals surface area contributed by atoms with Crippen molar-refractivity contribution in [2.24, 2.45) is 0 Å². The lowest BCUT2D eigenvalue weighted by molar-refractivity contribution is -0.121. The van der Waals surface area contributed by atoms with Gasteiger partial charge in [0.25, 0.3) is 5.56 Å². The SMILES string of the molecule is O=C(Cn1cnc2c(oc3ccccc32)c1=O)NCC#Cc1ccccc1. The topological polar surface area (TPSA) is 77.1 Å². The molecule has 1 N–H and O–H groups in total. The third kappa shape index (κ3) is 3.44. The van der Waals surface area contributed by atoms with Crippen molar-refractivity contribution >= 4 is 28.0 Å². The van der Waals surface area contributed by atoms with Crippen molar-refractivity contribution in [3.05, 3.63) is 76.8 Å². The predicted octanol–water partition coefficient (Wildman–Crippen LogP) is 2.31. The number of rotatable bonds is 3. The zero-order valence-corrected chi connectivity index (χ0v) is 14.3. The molecule has 0 aliphatic rings. The van der Waals surface area contributed by atoms with Gasteiger partial charge in [-0.3, -0.25) is 14.2 Å². The molecule has 4 aromatic rings. The summed E-state index contributed by atoms with van der Waals surface area (Å²) in [5, 5.41) is 3.45. The fraction of sp³-hybridized carbons (Fsp3) is 0.0952. The van der Waals surface area contributed by atoms with Crippen LogP contribution in [0.15, 0.2) is 70.1 Å². The molecule has 0 saturated carbocycles. The number of hydrogen-bond donors (Lipinski definition) is 1. The van der Waals surface area contributed by atoms with E-state index in [-0.39, 0.29) is 30.1 Å². The number of nitrogens with one attached hydrogen (secondary N) is 1. The zero-order chi connectivity index (χ0) is 18.6. The van der Waals surface area contributed by atoms with Gasteiger partial charge in [0.2, 0.25) is 11.5 Å². The maximum atomic E-state index is 12.6. The number of carbonyl (C=O) groups excluding carboxylic acids is 1. The lowest BCUT2D eigenvalue weighted by Gasteiger charge is -2.04. The quantitative estimate of drug-likeness (QED) is 0.571. The molecule has 0 aliphatic heterocycles. The van der Waals surface area contributed by atoms with E-state index in [1.54, 1.807) is 6.07 Å². The standard InChI is InChI=1S/C21H15N3O3/c25-18(22-12-6-9-15-7-2-1-3-8-15)13-24-14-23-19-16-10-4-5-11-17(16)27-20(19)21(24)26/h1-5,7-8,10-11,14H,12-13H2,(H,22,25). The van der Waals surface area contributed by atoms with Crippen LogP contribution in [0.3, 0.4) is 0 Å². The Kier molecular flexibility index (Phi) is 4.42. The molecule has 0 aliphatic carbocycles. The minimum atomic E-state index is -0.387. The van der Waals surface area contributed by atoms with E-state index < -0.39 is 0 Å². The summed E-state index contributed by atoms with van der Waals surface area (Å²) in [4.78, 5) is 28.9. The summed E-state index contributed by atoms with van der Waals surface area (Å²) >= 11 is 0. The smallest absolute Gasteiger partial charge is 0.297 e. The summed E-state index contributed by atoms with van der Waals surface area (Å²) in [6, 6.07) is 16.8. The van der Waals surface area contributed by atoms with Crippen LogP contribution in [0.4, 0.5) is 0 Å². The van der Waals surface area contributed by atoms with Gasteiger partial charge in [-0.2, -0.15) is 0 Å². The van der Waals surface area contributed by atoms with E-state index in [4.69, 9.17) is 4.42 Å². The number of benzene rings is 2. The molecule has 0 unspecified atom stereocenters. The molecule has 6 heteroatoms. The van der Waals surface area contributed by atoms with Crippen LogP contribution in [0.5, 0.6) is 0 Å². The number of carbonyl (C=O) groups is 1. The Bertz CT molecular complexity index is 1240. The van der Waals surface area contributed by atoms with Gasteiger partial charge in [0.15, 0.2) is 0 Å². The van der Waals surface area contributed by atoms with Crippen LogP contribution in [0.2, 0.25) is 0 Å². The Balaban J connectivity index is 1.47. The molecule has 4 rings (SSSR count). The lowest BCUT2D eigenvalue weighted by Crippen LogP contribution is -2.32. The number of hydrogen-bond acceptors (Lipinski definition) is 4. The van der Waals surface area contributed by atoms with Gasteiger partial charge in [0.1, 0.15) is 17.6 Å². The first-order chi connectivity index (χ1) is 13.2. The van der Waals surface area contributed by atoms with Gasteiger partial charge in [-0.15, -0.1) is 0 Å². The van der Waals surface area contributed by atoms with Gasteiger partial charge in [-0.1, -0.05) is 42.2 Å². The largest absolute Gasteiger partial charge is 0.448 e. The van der Waals surface area contributed by atoms with E-state index in [9.17, 15) is 9.59 Å². The van der Waals surface area contributed by atoms with Crippen molar-refractivity contribution < 1.29 is 9.21 Å². The van der Waals surface area contributed by atoms with E-state index >= 15 is 0 Å². The second-order valence-electron chi connectivity index (χ2n) is 5.90. The molecule has 0 fully saturated rings. The minimum Gasteiger partial charge on any atom is -0.448 e. The van der Waals surface area contributed by atoms with Crippen LogP contribution in [0.25, 0.3) is 22.1 Å². The first-order valence-electron chi connectivity index (χ1n) is 8.40. The van der Waals surface area contributed by atoms with Crippen LogP contribution < -0.4 is 10.9 Å². The van der Waals surface area contributed by atoms with Crippen molar-refractivity contribution in [1.29, 1.82) is 0 Å². The van der Waals surface area contributed by atoms with Crippen LogP contribution in [-0.4, -0.2) is 22.0 Å². The highest BCUT2D eigenvalue weighted by atomic mass is 16.3. The number of amides is 1. The molecule has 0 bridgehead atoms. The fourth-order valence-corrected chi connectivity index (χ4v) is 2.75. The van der Waals surface area contributed by atoms with Crippen molar-refractivity contribution in [3.63, 3.8) is 0 Å². The summed E-state index contributed by atoms with van der Waals surface area (Å²) < 4.78 is 6.83. The van der Waals surface area contributed by atoms with E-state index in [0.717, 1.165) is 10.9 Å². The second-order valence-corrected chi connectivity index (χ2v) is 5.90. The van der Waals surface area contributed by atoms with Gasteiger partial charge in [0.05, 0.1) is 12.9 Å². The Hall–Kier alpha value is -3.85. The van der Waals surface area contributed by atoms with Gasteiger partial charge in [-0.25, -0.2) is 4.98 Å². The fourth-order valence-electron chi connectivity index (χ4n) is 2.75. The molecule has 1 amide bonds. The molecule has 2 heterocycles. The average Bonchev–Trinajstić information content (AvgIpc) is 3.08. The van der Waals surface area contributed by atoms with Crippen molar-refractivity contribution in [2.75, 3.05) is 6.54 Å². The van der Waals surface area contributed by atoms with E-state index in [2.05, 4.69) is 22.1 Å². The Morgan fingerprint density at radius 1 is 1.11 bits per heavy atom. The molecule has 0 radical (unpaired) electrons. The maximum Gasteiger partial charge on any atom is 0.297 e. The van der Waals surface area contributed by atoms with Crippen LogP contribution in [-0.2, 0) is 11.3 Å². The molecule has 6 nitrogen and oxygen atoms in total. The molecule has 2 aromatic heterocycles. The highest BCUT2D eigenvalue weighted by Gasteiger charge is 2.14. The molecule has 0 saturated heterocycles. The average molecular weight is 357 g/mol. The van der Waals surface area contributed by atoms with Crippen LogP contribution in [0.1, 0.15) is 5.56 Å². The number of aromatic nitrogens is 2. The summed E-state index contributed by atoms with van der Waals surface area (Å²) in [6.45, 7) is 0.0502. The number of fused-ring (bicyclic) bond motifs is 3. The summed E-state index contributed by atoms with van der Waals surface area (Å²) in [5.74, 6) is 5.51. The zero-order valence-electron chi connectivity index (χ0n) is 14.3. The van der Waals surface area contributed by atoms with E-state index in [1.165, 1.54) is 10.9 Å². The molecule has 0 atom stereocenters. The monoisotopic (exact) mass is 357 g/mol. The Morgan fingerprint density at radius 3 is 2.74 bits per heavy atom. The summed E-state index contributed by atoms with van der Waals surface area (Å²) in [5.41, 5.74) is 1.73. The number of para-hydroxylation sites is 1. The molecule has 2 aromatic carbocycles. The van der Waals surface area contributed by atoms with Gasteiger partial charge in [-0.05, 0) is 24.3 Å².